The van der Waals surface area contributed by atoms with Gasteiger partial charge in [-0.05, 0) is 29.7 Å². The second kappa shape index (κ2) is 5.85. The minimum Gasteiger partial charge on any atom is -0.316 e. The highest BCUT2D eigenvalue weighted by molar-refractivity contribution is 7.91. The van der Waals surface area contributed by atoms with Crippen molar-refractivity contribution in [3.63, 3.8) is 0 Å². The van der Waals surface area contributed by atoms with Crippen molar-refractivity contribution in [2.75, 3.05) is 18.8 Å². The summed E-state index contributed by atoms with van der Waals surface area (Å²) in [5, 5.41) is 3.03. The molecule has 0 aliphatic heterocycles. The van der Waals surface area contributed by atoms with Crippen molar-refractivity contribution < 1.29 is 8.42 Å². The van der Waals surface area contributed by atoms with Gasteiger partial charge in [0, 0.05) is 6.54 Å². The zero-order valence-electron chi connectivity index (χ0n) is 11.7. The van der Waals surface area contributed by atoms with Gasteiger partial charge in [-0.25, -0.2) is 8.42 Å². The van der Waals surface area contributed by atoms with Gasteiger partial charge in [-0.3, -0.25) is 0 Å². The smallest absolute Gasteiger partial charge is 0.179 e. The molecule has 18 heavy (non-hydrogen) atoms. The maximum atomic E-state index is 12.0. The lowest BCUT2D eigenvalue weighted by atomic mass is 9.87. The molecule has 0 saturated heterocycles. The van der Waals surface area contributed by atoms with Crippen LogP contribution in [0.3, 0.4) is 0 Å². The molecule has 0 atom stereocenters. The molecule has 0 spiro atoms. The van der Waals surface area contributed by atoms with E-state index in [0.29, 0.717) is 11.4 Å². The molecule has 1 N–H and O–H groups in total. The third-order valence-electron chi connectivity index (χ3n) is 2.88. The largest absolute Gasteiger partial charge is 0.316 e. The van der Waals surface area contributed by atoms with E-state index in [2.05, 4.69) is 26.1 Å². The van der Waals surface area contributed by atoms with Crippen LogP contribution in [-0.2, 0) is 15.3 Å². The molecule has 0 bridgehead atoms. The van der Waals surface area contributed by atoms with Gasteiger partial charge in [0.25, 0.3) is 0 Å². The quantitative estimate of drug-likeness (QED) is 0.835. The van der Waals surface area contributed by atoms with E-state index in [1.54, 1.807) is 12.1 Å². The average Bonchev–Trinajstić information content (AvgIpc) is 2.28. The summed E-state index contributed by atoms with van der Waals surface area (Å²) in [6.07, 6.45) is 0. The summed E-state index contributed by atoms with van der Waals surface area (Å²) in [7, 11) is -3.16. The zero-order valence-corrected chi connectivity index (χ0v) is 12.5. The minimum atomic E-state index is -3.16. The lowest BCUT2D eigenvalue weighted by Crippen LogP contribution is -2.22. The standard InChI is InChI=1S/C14H23NO2S/c1-5-15-10-11-18(16,17)13-8-6-12(7-9-13)14(2,3)4/h6-9,15H,5,10-11H2,1-4H3. The Hall–Kier alpha value is -0.870. The van der Waals surface area contributed by atoms with Crippen LogP contribution in [0.15, 0.2) is 29.2 Å². The summed E-state index contributed by atoms with van der Waals surface area (Å²) in [5.74, 6) is 0.149. The normalized spacial score (nSPS) is 12.7. The molecule has 1 rings (SSSR count). The summed E-state index contributed by atoms with van der Waals surface area (Å²) in [5.41, 5.74) is 1.19. The van der Waals surface area contributed by atoms with E-state index in [9.17, 15) is 8.42 Å². The van der Waals surface area contributed by atoms with Crippen molar-refractivity contribution in [2.45, 2.75) is 38.0 Å². The van der Waals surface area contributed by atoms with Gasteiger partial charge in [-0.15, -0.1) is 0 Å². The number of nitrogens with one attached hydrogen (secondary N) is 1. The van der Waals surface area contributed by atoms with Crippen molar-refractivity contribution in [3.8, 4) is 0 Å². The molecule has 0 fully saturated rings. The Balaban J connectivity index is 2.85. The molecule has 0 saturated carbocycles. The second-order valence-electron chi connectivity index (χ2n) is 5.45. The Kier molecular flexibility index (Phi) is 4.93. The maximum absolute atomic E-state index is 12.0. The fraction of sp³-hybridized carbons (Fsp3) is 0.571. The first-order chi connectivity index (χ1) is 8.27. The molecule has 0 aliphatic rings. The Morgan fingerprint density at radius 3 is 2.11 bits per heavy atom. The van der Waals surface area contributed by atoms with Crippen LogP contribution in [0.1, 0.15) is 33.3 Å². The van der Waals surface area contributed by atoms with Crippen LogP contribution >= 0.6 is 0 Å². The number of hydrogen-bond acceptors (Lipinski definition) is 3. The summed E-state index contributed by atoms with van der Waals surface area (Å²) >= 11 is 0. The van der Waals surface area contributed by atoms with Crippen LogP contribution in [0.4, 0.5) is 0 Å². The van der Waals surface area contributed by atoms with Gasteiger partial charge in [0.05, 0.1) is 10.6 Å². The highest BCUT2D eigenvalue weighted by Gasteiger charge is 2.17. The molecule has 0 amide bonds. The Morgan fingerprint density at radius 1 is 1.11 bits per heavy atom. The molecule has 0 aliphatic carbocycles. The molecule has 102 valence electrons. The minimum absolute atomic E-state index is 0.0477. The first-order valence-corrected chi connectivity index (χ1v) is 7.96. The number of hydrogen-bond donors (Lipinski definition) is 1. The van der Waals surface area contributed by atoms with E-state index in [0.717, 1.165) is 12.1 Å². The van der Waals surface area contributed by atoms with E-state index in [4.69, 9.17) is 0 Å². The van der Waals surface area contributed by atoms with Crippen LogP contribution in [0.2, 0.25) is 0 Å². The number of rotatable bonds is 5. The summed E-state index contributed by atoms with van der Waals surface area (Å²) in [6.45, 7) is 9.59. The van der Waals surface area contributed by atoms with Gasteiger partial charge in [0.2, 0.25) is 0 Å². The summed E-state index contributed by atoms with van der Waals surface area (Å²) < 4.78 is 24.1. The van der Waals surface area contributed by atoms with Gasteiger partial charge in [-0.1, -0.05) is 39.8 Å². The molecular formula is C14H23NO2S. The molecule has 0 radical (unpaired) electrons. The average molecular weight is 269 g/mol. The fourth-order valence-electron chi connectivity index (χ4n) is 1.66. The second-order valence-corrected chi connectivity index (χ2v) is 7.56. The van der Waals surface area contributed by atoms with Crippen LogP contribution in [0.5, 0.6) is 0 Å². The summed E-state index contributed by atoms with van der Waals surface area (Å²) in [6, 6.07) is 7.23. The van der Waals surface area contributed by atoms with E-state index >= 15 is 0 Å². The molecule has 1 aromatic carbocycles. The lowest BCUT2D eigenvalue weighted by molar-refractivity contribution is 0.585. The zero-order chi connectivity index (χ0) is 13.8. The van der Waals surface area contributed by atoms with E-state index in [1.165, 1.54) is 0 Å². The van der Waals surface area contributed by atoms with E-state index in [1.807, 2.05) is 19.1 Å². The van der Waals surface area contributed by atoms with Crippen LogP contribution in [0, 0.1) is 0 Å². The van der Waals surface area contributed by atoms with Crippen LogP contribution < -0.4 is 5.32 Å². The third-order valence-corrected chi connectivity index (χ3v) is 4.61. The number of benzene rings is 1. The van der Waals surface area contributed by atoms with E-state index < -0.39 is 9.84 Å². The highest BCUT2D eigenvalue weighted by Crippen LogP contribution is 2.23. The van der Waals surface area contributed by atoms with Crippen molar-refractivity contribution in [1.82, 2.24) is 5.32 Å². The summed E-state index contributed by atoms with van der Waals surface area (Å²) in [4.78, 5) is 0.411. The Labute approximate surface area is 111 Å². The maximum Gasteiger partial charge on any atom is 0.179 e. The first-order valence-electron chi connectivity index (χ1n) is 6.31. The van der Waals surface area contributed by atoms with Crippen molar-refractivity contribution in [1.29, 1.82) is 0 Å². The van der Waals surface area contributed by atoms with Crippen molar-refractivity contribution in [3.05, 3.63) is 29.8 Å². The first kappa shape index (κ1) is 15.2. The molecule has 3 nitrogen and oxygen atoms in total. The van der Waals surface area contributed by atoms with Crippen LogP contribution in [0.25, 0.3) is 0 Å². The number of sulfone groups is 1. The van der Waals surface area contributed by atoms with Crippen molar-refractivity contribution in [2.24, 2.45) is 0 Å². The van der Waals surface area contributed by atoms with Gasteiger partial charge in [0.15, 0.2) is 9.84 Å². The fourth-order valence-corrected chi connectivity index (χ4v) is 2.86. The van der Waals surface area contributed by atoms with Gasteiger partial charge >= 0.3 is 0 Å². The van der Waals surface area contributed by atoms with E-state index in [-0.39, 0.29) is 11.2 Å². The monoisotopic (exact) mass is 269 g/mol. The molecule has 0 heterocycles. The van der Waals surface area contributed by atoms with Crippen LogP contribution in [-0.4, -0.2) is 27.3 Å². The third kappa shape index (κ3) is 4.10. The Bertz CT molecular complexity index is 470. The Morgan fingerprint density at radius 2 is 1.67 bits per heavy atom. The van der Waals surface area contributed by atoms with Crippen molar-refractivity contribution >= 4 is 9.84 Å². The van der Waals surface area contributed by atoms with Gasteiger partial charge in [0.1, 0.15) is 0 Å². The SMILES string of the molecule is CCNCCS(=O)(=O)c1ccc(C(C)(C)C)cc1. The molecule has 1 aromatic rings. The highest BCUT2D eigenvalue weighted by atomic mass is 32.2. The van der Waals surface area contributed by atoms with Gasteiger partial charge in [-0.2, -0.15) is 0 Å². The topological polar surface area (TPSA) is 46.2 Å². The molecule has 0 unspecified atom stereocenters. The molecular weight excluding hydrogens is 246 g/mol. The predicted octanol–water partition coefficient (Wildman–Crippen LogP) is 2.37. The van der Waals surface area contributed by atoms with Gasteiger partial charge < -0.3 is 5.32 Å². The predicted molar refractivity (Wildman–Crippen MR) is 75.7 cm³/mol. The lowest BCUT2D eigenvalue weighted by Gasteiger charge is -2.19. The molecule has 0 aromatic heterocycles. The molecule has 4 heteroatoms.